The van der Waals surface area contributed by atoms with E-state index in [4.69, 9.17) is 14.7 Å². The van der Waals surface area contributed by atoms with Crippen molar-refractivity contribution in [3.63, 3.8) is 0 Å². The van der Waals surface area contributed by atoms with Crippen molar-refractivity contribution in [3.8, 4) is 0 Å². The van der Waals surface area contributed by atoms with Crippen molar-refractivity contribution < 1.29 is 19.2 Å². The minimum absolute atomic E-state index is 0.137. The van der Waals surface area contributed by atoms with Crippen molar-refractivity contribution in [1.82, 2.24) is 0 Å². The molecule has 2 aromatic carbocycles. The minimum Gasteiger partial charge on any atom is -0.298 e. The van der Waals surface area contributed by atoms with E-state index in [0.717, 1.165) is 11.1 Å². The van der Waals surface area contributed by atoms with Crippen LogP contribution in [0.25, 0.3) is 0 Å². The van der Waals surface area contributed by atoms with Crippen molar-refractivity contribution >= 4 is 10.5 Å². The Labute approximate surface area is 167 Å². The van der Waals surface area contributed by atoms with Gasteiger partial charge in [0, 0.05) is 0 Å². The molecule has 4 nitrogen and oxygen atoms in total. The highest BCUT2D eigenvalue weighted by molar-refractivity contribution is 5.97. The van der Waals surface area contributed by atoms with E-state index < -0.39 is 11.2 Å². The van der Waals surface area contributed by atoms with Crippen LogP contribution < -0.4 is 0 Å². The average molecular weight is 391 g/mol. The lowest BCUT2D eigenvalue weighted by Gasteiger charge is -2.31. The molecule has 0 aliphatic rings. The third kappa shape index (κ3) is 8.82. The van der Waals surface area contributed by atoms with E-state index in [1.165, 1.54) is 0 Å². The van der Waals surface area contributed by atoms with Crippen LogP contribution in [-0.4, -0.2) is 16.1 Å². The molecule has 2 rings (SSSR count). The van der Waals surface area contributed by atoms with Crippen LogP contribution in [0.3, 0.4) is 0 Å². The summed E-state index contributed by atoms with van der Waals surface area (Å²) in [5.41, 5.74) is 1.05. The monoisotopic (exact) mass is 390 g/mol. The van der Waals surface area contributed by atoms with Crippen LogP contribution in [0, 0.1) is 0 Å². The first-order valence-electron chi connectivity index (χ1n) is 9.18. The predicted molar refractivity (Wildman–Crippen MR) is 113 cm³/mol. The molecule has 0 heterocycles. The molecule has 150 valence electrons. The van der Waals surface area contributed by atoms with Crippen LogP contribution in [0.15, 0.2) is 60.7 Å². The van der Waals surface area contributed by atoms with E-state index in [1.54, 1.807) is 0 Å². The van der Waals surface area contributed by atoms with Gasteiger partial charge in [0.25, 0.3) is 0 Å². The molecule has 0 N–H and O–H groups in total. The Hall–Kier alpha value is -1.50. The zero-order chi connectivity index (χ0) is 20.6. The van der Waals surface area contributed by atoms with Crippen molar-refractivity contribution in [1.29, 1.82) is 0 Å². The van der Waals surface area contributed by atoms with Crippen molar-refractivity contribution in [2.45, 2.75) is 65.3 Å². The third-order valence-corrected chi connectivity index (χ3v) is 3.90. The first kappa shape index (κ1) is 23.5. The number of hydrogen-bond donors (Lipinski definition) is 0. The summed E-state index contributed by atoms with van der Waals surface area (Å²) in [5.74, 6) is 0. The van der Waals surface area contributed by atoms with Crippen LogP contribution in [0.2, 0.25) is 0 Å². The van der Waals surface area contributed by atoms with Crippen molar-refractivity contribution in [3.05, 3.63) is 71.8 Å². The van der Waals surface area contributed by atoms with Gasteiger partial charge in [0.05, 0.1) is 5.60 Å². The predicted octanol–water partition coefficient (Wildman–Crippen LogP) is 4.82. The summed E-state index contributed by atoms with van der Waals surface area (Å²) in [6.45, 7) is 13.9. The normalized spacial score (nSPS) is 12.4. The maximum Gasteiger partial charge on any atom is 0.193 e. The number of benzene rings is 2. The molecular formula is C22H34O4Si. The zero-order valence-corrected chi connectivity index (χ0v) is 19.9. The van der Waals surface area contributed by atoms with E-state index in [1.807, 2.05) is 109 Å². The van der Waals surface area contributed by atoms with E-state index in [0.29, 0.717) is 10.5 Å². The summed E-state index contributed by atoms with van der Waals surface area (Å²) in [6.07, 6.45) is 0. The standard InChI is InChI=1S/C18H22O2.C4H12O2Si/c1-17(2,15-11-7-5-8-12-15)19-20-18(3,4)16-13-9-6-10-14-16;1-4(2,3)5-6-7/h5-14H,1-4H3;1-3,7H3. The minimum atomic E-state index is -0.493. The van der Waals surface area contributed by atoms with Gasteiger partial charge in [0.15, 0.2) is 10.5 Å². The molecule has 0 saturated heterocycles. The molecule has 0 amide bonds. The number of rotatable bonds is 6. The van der Waals surface area contributed by atoms with Gasteiger partial charge in [-0.2, -0.15) is 0 Å². The largest absolute Gasteiger partial charge is 0.298 e. The second kappa shape index (κ2) is 10.2. The van der Waals surface area contributed by atoms with E-state index in [9.17, 15) is 0 Å². The molecule has 0 radical (unpaired) electrons. The second-order valence-corrected chi connectivity index (χ2v) is 8.62. The molecule has 0 bridgehead atoms. The van der Waals surface area contributed by atoms with Crippen LogP contribution in [0.1, 0.15) is 59.6 Å². The average Bonchev–Trinajstić information content (AvgIpc) is 2.61. The first-order chi connectivity index (χ1) is 12.5. The maximum atomic E-state index is 5.73. The molecule has 0 saturated carbocycles. The lowest BCUT2D eigenvalue weighted by Crippen LogP contribution is -2.29. The smallest absolute Gasteiger partial charge is 0.193 e. The molecule has 2 aromatic rings. The van der Waals surface area contributed by atoms with Gasteiger partial charge in [-0.25, -0.2) is 14.7 Å². The summed E-state index contributed by atoms with van der Waals surface area (Å²) >= 11 is 0. The highest BCUT2D eigenvalue weighted by Gasteiger charge is 2.29. The van der Waals surface area contributed by atoms with E-state index in [-0.39, 0.29) is 5.60 Å². The van der Waals surface area contributed by atoms with Gasteiger partial charge in [-0.05, 0) is 59.6 Å². The lowest BCUT2D eigenvalue weighted by molar-refractivity contribution is -0.410. The fraction of sp³-hybridized carbons (Fsp3) is 0.455. The van der Waals surface area contributed by atoms with Gasteiger partial charge in [0.2, 0.25) is 0 Å². The van der Waals surface area contributed by atoms with Gasteiger partial charge in [-0.15, -0.1) is 0 Å². The third-order valence-electron chi connectivity index (χ3n) is 3.73. The Morgan fingerprint density at radius 1 is 0.556 bits per heavy atom. The van der Waals surface area contributed by atoms with Crippen molar-refractivity contribution in [2.75, 3.05) is 0 Å². The fourth-order valence-corrected chi connectivity index (χ4v) is 2.73. The highest BCUT2D eigenvalue weighted by atomic mass is 28.2. The maximum absolute atomic E-state index is 5.73. The molecule has 0 aliphatic heterocycles. The molecule has 0 aliphatic carbocycles. The fourth-order valence-electron chi connectivity index (χ4n) is 2.23. The van der Waals surface area contributed by atoms with Gasteiger partial charge < -0.3 is 0 Å². The Balaban J connectivity index is 0.000000445. The Bertz CT molecular complexity index is 598. The van der Waals surface area contributed by atoms with Crippen LogP contribution in [0.5, 0.6) is 0 Å². The summed E-state index contributed by atoms with van der Waals surface area (Å²) in [7, 11) is 0.648. The van der Waals surface area contributed by atoms with Gasteiger partial charge in [-0.3, -0.25) is 4.58 Å². The van der Waals surface area contributed by atoms with Gasteiger partial charge >= 0.3 is 0 Å². The molecule has 5 heteroatoms. The Kier molecular flexibility index (Phi) is 8.85. The molecule has 0 unspecified atom stereocenters. The Morgan fingerprint density at radius 3 is 1.11 bits per heavy atom. The van der Waals surface area contributed by atoms with Crippen LogP contribution in [-0.2, 0) is 30.4 Å². The highest BCUT2D eigenvalue weighted by Crippen LogP contribution is 2.31. The summed E-state index contributed by atoms with van der Waals surface area (Å²) < 4.78 is 4.55. The van der Waals surface area contributed by atoms with Gasteiger partial charge in [0.1, 0.15) is 11.2 Å². The Morgan fingerprint density at radius 2 is 0.889 bits per heavy atom. The molecule has 0 atom stereocenters. The van der Waals surface area contributed by atoms with E-state index >= 15 is 0 Å². The lowest BCUT2D eigenvalue weighted by atomic mass is 9.98. The first-order valence-corrected chi connectivity index (χ1v) is 9.99. The summed E-state index contributed by atoms with van der Waals surface area (Å²) in [5, 5.41) is 0. The van der Waals surface area contributed by atoms with Crippen LogP contribution in [0.4, 0.5) is 0 Å². The molecule has 0 spiro atoms. The summed E-state index contributed by atoms with van der Waals surface area (Å²) in [4.78, 5) is 16.3. The second-order valence-electron chi connectivity index (χ2n) is 8.28. The quantitative estimate of drug-likeness (QED) is 0.403. The molecule has 27 heavy (non-hydrogen) atoms. The molecule has 0 aromatic heterocycles. The van der Waals surface area contributed by atoms with Crippen molar-refractivity contribution in [2.24, 2.45) is 0 Å². The molecular weight excluding hydrogens is 356 g/mol. The topological polar surface area (TPSA) is 36.9 Å². The van der Waals surface area contributed by atoms with E-state index in [2.05, 4.69) is 4.58 Å². The molecule has 0 fully saturated rings. The number of hydrogen-bond acceptors (Lipinski definition) is 4. The SMILES string of the molecule is CC(C)(C)OO[SiH3].CC(C)(OOC(C)(C)c1ccccc1)c1ccccc1. The summed E-state index contributed by atoms with van der Waals surface area (Å²) in [6, 6.07) is 20.2. The van der Waals surface area contributed by atoms with Gasteiger partial charge in [-0.1, -0.05) is 60.7 Å². The van der Waals surface area contributed by atoms with Crippen LogP contribution >= 0.6 is 0 Å². The zero-order valence-electron chi connectivity index (χ0n) is 17.9.